The third-order valence-corrected chi connectivity index (χ3v) is 6.04. The molecule has 3 rings (SSSR count). The van der Waals surface area contributed by atoms with Gasteiger partial charge in [0.1, 0.15) is 6.04 Å². The van der Waals surface area contributed by atoms with Crippen molar-refractivity contribution < 1.29 is 18.0 Å². The summed E-state index contributed by atoms with van der Waals surface area (Å²) in [7, 11) is -3.92. The normalized spacial score (nSPS) is 12.1. The molecule has 0 saturated heterocycles. The predicted octanol–water partition coefficient (Wildman–Crippen LogP) is 2.86. The van der Waals surface area contributed by atoms with Gasteiger partial charge < -0.3 is 10.6 Å². The first-order chi connectivity index (χ1) is 15.6. The van der Waals surface area contributed by atoms with E-state index in [1.165, 1.54) is 12.1 Å². The lowest BCUT2D eigenvalue weighted by Crippen LogP contribution is -2.38. The molecule has 0 aliphatic rings. The van der Waals surface area contributed by atoms with Gasteiger partial charge in [-0.25, -0.2) is 13.6 Å². The number of carbonyl (C=O) groups excluding carboxylic acids is 2. The fourth-order valence-corrected chi connectivity index (χ4v) is 3.88. The van der Waals surface area contributed by atoms with Crippen molar-refractivity contribution >= 4 is 33.2 Å². The Balaban J connectivity index is 1.75. The maximum Gasteiger partial charge on any atom is 0.246 e. The summed E-state index contributed by atoms with van der Waals surface area (Å²) in [5.74, 6) is -0.749. The van der Waals surface area contributed by atoms with Gasteiger partial charge in [0.25, 0.3) is 0 Å². The van der Waals surface area contributed by atoms with Gasteiger partial charge in [0.2, 0.25) is 21.8 Å². The number of sulfonamides is 1. The quantitative estimate of drug-likeness (QED) is 0.406. The van der Waals surface area contributed by atoms with Crippen LogP contribution < -0.4 is 21.1 Å². The van der Waals surface area contributed by atoms with Gasteiger partial charge in [-0.15, -0.1) is 0 Å². The average molecular weight is 467 g/mol. The van der Waals surface area contributed by atoms with Gasteiger partial charge in [-0.3, -0.25) is 14.9 Å². The smallest absolute Gasteiger partial charge is 0.246 e. The Morgan fingerprint density at radius 1 is 0.909 bits per heavy atom. The summed E-state index contributed by atoms with van der Waals surface area (Å²) >= 11 is 0. The second-order valence-electron chi connectivity index (χ2n) is 7.59. The standard InChI is InChI=1S/C24H26N4O4S/c1-16-13-20(33(25,31)32)14-21(17(16)2)28-22(29)15-26-23(18-9-5-3-6-10-18)24(30)27-19-11-7-4-8-12-19/h3-14,23,26H,15H2,1-2H3,(H,27,30)(H,28,29)(H2,25,31,32)/t23-/m1/s1. The first-order valence-corrected chi connectivity index (χ1v) is 11.8. The number of amides is 2. The van der Waals surface area contributed by atoms with Crippen molar-refractivity contribution in [3.8, 4) is 0 Å². The Bertz CT molecular complexity index is 1250. The van der Waals surface area contributed by atoms with Crippen LogP contribution in [0.5, 0.6) is 0 Å². The molecule has 0 bridgehead atoms. The highest BCUT2D eigenvalue weighted by atomic mass is 32.2. The second kappa shape index (κ2) is 10.4. The Morgan fingerprint density at radius 3 is 2.12 bits per heavy atom. The van der Waals surface area contributed by atoms with E-state index in [2.05, 4.69) is 16.0 Å². The highest BCUT2D eigenvalue weighted by molar-refractivity contribution is 7.89. The molecule has 9 heteroatoms. The third-order valence-electron chi connectivity index (χ3n) is 5.15. The van der Waals surface area contributed by atoms with Crippen LogP contribution in [-0.2, 0) is 19.6 Å². The Kier molecular flexibility index (Phi) is 7.59. The van der Waals surface area contributed by atoms with E-state index >= 15 is 0 Å². The molecule has 0 spiro atoms. The molecule has 2 amide bonds. The van der Waals surface area contributed by atoms with Crippen LogP contribution in [0.3, 0.4) is 0 Å². The lowest BCUT2D eigenvalue weighted by atomic mass is 10.1. The number of rotatable bonds is 8. The molecule has 0 fully saturated rings. The minimum atomic E-state index is -3.92. The molecule has 0 saturated carbocycles. The zero-order chi connectivity index (χ0) is 24.0. The van der Waals surface area contributed by atoms with Gasteiger partial charge in [-0.1, -0.05) is 48.5 Å². The topological polar surface area (TPSA) is 130 Å². The maximum absolute atomic E-state index is 13.0. The van der Waals surface area contributed by atoms with E-state index in [1.54, 1.807) is 38.1 Å². The van der Waals surface area contributed by atoms with Crippen LogP contribution in [0.4, 0.5) is 11.4 Å². The largest absolute Gasteiger partial charge is 0.325 e. The molecule has 0 aliphatic heterocycles. The van der Waals surface area contributed by atoms with Gasteiger partial charge in [-0.2, -0.15) is 0 Å². The Morgan fingerprint density at radius 2 is 1.52 bits per heavy atom. The molecule has 0 heterocycles. The van der Waals surface area contributed by atoms with Crippen molar-refractivity contribution in [2.75, 3.05) is 17.2 Å². The Hall–Kier alpha value is -3.53. The Labute approximate surface area is 193 Å². The molecule has 5 N–H and O–H groups in total. The lowest BCUT2D eigenvalue weighted by molar-refractivity contribution is -0.119. The van der Waals surface area contributed by atoms with E-state index in [0.717, 1.165) is 5.56 Å². The number of para-hydroxylation sites is 1. The second-order valence-corrected chi connectivity index (χ2v) is 9.15. The zero-order valence-corrected chi connectivity index (χ0v) is 19.1. The van der Waals surface area contributed by atoms with Crippen molar-refractivity contribution in [1.29, 1.82) is 0 Å². The van der Waals surface area contributed by atoms with Gasteiger partial charge in [0.05, 0.1) is 11.4 Å². The molecule has 3 aromatic carbocycles. The highest BCUT2D eigenvalue weighted by Gasteiger charge is 2.22. The van der Waals surface area contributed by atoms with Crippen LogP contribution in [0.1, 0.15) is 22.7 Å². The van der Waals surface area contributed by atoms with Crippen molar-refractivity contribution in [3.05, 3.63) is 89.5 Å². The summed E-state index contributed by atoms with van der Waals surface area (Å²) in [5, 5.41) is 13.8. The predicted molar refractivity (Wildman–Crippen MR) is 128 cm³/mol. The first kappa shape index (κ1) is 24.1. The van der Waals surface area contributed by atoms with Gasteiger partial charge >= 0.3 is 0 Å². The van der Waals surface area contributed by atoms with E-state index in [1.807, 2.05) is 36.4 Å². The number of primary sulfonamides is 1. The van der Waals surface area contributed by atoms with Crippen molar-refractivity contribution in [2.45, 2.75) is 24.8 Å². The van der Waals surface area contributed by atoms with Gasteiger partial charge in [-0.05, 0) is 54.8 Å². The molecular weight excluding hydrogens is 440 g/mol. The number of nitrogens with two attached hydrogens (primary N) is 1. The number of nitrogens with one attached hydrogen (secondary N) is 3. The van der Waals surface area contributed by atoms with Crippen LogP contribution in [0, 0.1) is 13.8 Å². The summed E-state index contributed by atoms with van der Waals surface area (Å²) in [5.41, 5.74) is 3.07. The van der Waals surface area contributed by atoms with E-state index in [9.17, 15) is 18.0 Å². The number of anilines is 2. The number of aryl methyl sites for hydroxylation is 1. The van der Waals surface area contributed by atoms with Crippen LogP contribution in [0.15, 0.2) is 77.7 Å². The average Bonchev–Trinajstić information content (AvgIpc) is 2.77. The van der Waals surface area contributed by atoms with Crippen LogP contribution in [0.2, 0.25) is 0 Å². The van der Waals surface area contributed by atoms with E-state index in [-0.39, 0.29) is 17.3 Å². The highest BCUT2D eigenvalue weighted by Crippen LogP contribution is 2.23. The number of carbonyl (C=O) groups is 2. The summed E-state index contributed by atoms with van der Waals surface area (Å²) in [6.45, 7) is 3.32. The van der Waals surface area contributed by atoms with Crippen LogP contribution >= 0.6 is 0 Å². The first-order valence-electron chi connectivity index (χ1n) is 10.2. The number of benzene rings is 3. The van der Waals surface area contributed by atoms with E-state index in [4.69, 9.17) is 5.14 Å². The molecule has 8 nitrogen and oxygen atoms in total. The van der Waals surface area contributed by atoms with Crippen molar-refractivity contribution in [1.82, 2.24) is 5.32 Å². The minimum absolute atomic E-state index is 0.0849. The number of hydrogen-bond acceptors (Lipinski definition) is 5. The number of hydrogen-bond donors (Lipinski definition) is 4. The summed E-state index contributed by atoms with van der Waals surface area (Å²) in [6.07, 6.45) is 0. The summed E-state index contributed by atoms with van der Waals surface area (Å²) in [6, 6.07) is 20.1. The molecule has 33 heavy (non-hydrogen) atoms. The fourth-order valence-electron chi connectivity index (χ4n) is 3.25. The molecule has 0 unspecified atom stereocenters. The third kappa shape index (κ3) is 6.48. The molecule has 3 aromatic rings. The summed E-state index contributed by atoms with van der Waals surface area (Å²) < 4.78 is 23.5. The van der Waals surface area contributed by atoms with Crippen molar-refractivity contribution in [2.24, 2.45) is 5.14 Å². The van der Waals surface area contributed by atoms with Gasteiger partial charge in [0, 0.05) is 11.4 Å². The minimum Gasteiger partial charge on any atom is -0.325 e. The van der Waals surface area contributed by atoms with Crippen LogP contribution in [0.25, 0.3) is 0 Å². The lowest BCUT2D eigenvalue weighted by Gasteiger charge is -2.19. The molecule has 172 valence electrons. The zero-order valence-electron chi connectivity index (χ0n) is 18.3. The van der Waals surface area contributed by atoms with Gasteiger partial charge in [0.15, 0.2) is 0 Å². The fraction of sp³-hybridized carbons (Fsp3) is 0.167. The monoisotopic (exact) mass is 466 g/mol. The molecule has 0 aromatic heterocycles. The van der Waals surface area contributed by atoms with E-state index < -0.39 is 22.0 Å². The van der Waals surface area contributed by atoms with Crippen molar-refractivity contribution in [3.63, 3.8) is 0 Å². The maximum atomic E-state index is 13.0. The molecule has 0 radical (unpaired) electrons. The molecule has 0 aliphatic carbocycles. The SMILES string of the molecule is Cc1cc(S(N)(=O)=O)cc(NC(=O)CN[C@@H](C(=O)Nc2ccccc2)c2ccccc2)c1C. The summed E-state index contributed by atoms with van der Waals surface area (Å²) in [4.78, 5) is 25.5. The molecule has 1 atom stereocenters. The van der Waals surface area contributed by atoms with E-state index in [0.29, 0.717) is 22.5 Å². The molecular formula is C24H26N4O4S. The van der Waals surface area contributed by atoms with Crippen LogP contribution in [-0.4, -0.2) is 26.8 Å².